The molecule has 1 N–H and O–H groups in total. The van der Waals surface area contributed by atoms with Crippen molar-refractivity contribution in [3.05, 3.63) is 47.8 Å². The maximum atomic E-state index is 14.7. The molecule has 0 spiro atoms. The highest BCUT2D eigenvalue weighted by molar-refractivity contribution is 6.03. The van der Waals surface area contributed by atoms with Gasteiger partial charge in [0.2, 0.25) is 0 Å². The molecule has 2 aliphatic rings. The maximum Gasteiger partial charge on any atom is 0.410 e. The molecule has 202 valence electrons. The van der Waals surface area contributed by atoms with Crippen LogP contribution in [0.1, 0.15) is 45.9 Å². The number of urea groups is 1. The lowest BCUT2D eigenvalue weighted by Gasteiger charge is -2.45. The molecule has 5 heterocycles. The third-order valence-electron chi connectivity index (χ3n) is 6.86. The Kier molecular flexibility index (Phi) is 6.40. The van der Waals surface area contributed by atoms with Gasteiger partial charge in [0.05, 0.1) is 23.5 Å². The van der Waals surface area contributed by atoms with Crippen LogP contribution >= 0.6 is 0 Å². The zero-order valence-corrected chi connectivity index (χ0v) is 22.7. The molecule has 0 bridgehead atoms. The molecule has 0 aliphatic carbocycles. The topological polar surface area (TPSA) is 95.3 Å². The summed E-state index contributed by atoms with van der Waals surface area (Å²) >= 11 is 0. The van der Waals surface area contributed by atoms with E-state index in [1.54, 1.807) is 26.6 Å². The molecule has 0 saturated carbocycles. The molecular formula is C27H34FN7O3. The van der Waals surface area contributed by atoms with Crippen LogP contribution in [0.4, 0.5) is 31.2 Å². The molecule has 5 rings (SSSR count). The van der Waals surface area contributed by atoms with Gasteiger partial charge in [0.1, 0.15) is 17.1 Å². The summed E-state index contributed by atoms with van der Waals surface area (Å²) < 4.78 is 22.0. The smallest absolute Gasteiger partial charge is 0.410 e. The Morgan fingerprint density at radius 1 is 1.16 bits per heavy atom. The highest BCUT2D eigenvalue weighted by Gasteiger charge is 2.37. The van der Waals surface area contributed by atoms with Gasteiger partial charge in [0.25, 0.3) is 0 Å². The molecule has 3 aromatic heterocycles. The fourth-order valence-corrected chi connectivity index (χ4v) is 5.37. The quantitative estimate of drug-likeness (QED) is 0.527. The minimum Gasteiger partial charge on any atom is -0.444 e. The van der Waals surface area contributed by atoms with Crippen molar-refractivity contribution in [2.24, 2.45) is 0 Å². The monoisotopic (exact) mass is 523 g/mol. The molecule has 1 fully saturated rings. The molecule has 10 nitrogen and oxygen atoms in total. The molecular weight excluding hydrogens is 489 g/mol. The Bertz CT molecular complexity index is 1390. The van der Waals surface area contributed by atoms with Gasteiger partial charge in [-0.2, -0.15) is 0 Å². The van der Waals surface area contributed by atoms with E-state index in [9.17, 15) is 14.0 Å². The lowest BCUT2D eigenvalue weighted by atomic mass is 10.1. The van der Waals surface area contributed by atoms with Gasteiger partial charge >= 0.3 is 12.1 Å². The Hall–Kier alpha value is -3.89. The number of carbonyl (C=O) groups is 2. The normalized spacial score (nSPS) is 19.6. The van der Waals surface area contributed by atoms with Crippen molar-refractivity contribution >= 4 is 35.0 Å². The van der Waals surface area contributed by atoms with Crippen LogP contribution < -0.4 is 15.1 Å². The molecule has 3 amide bonds. The first-order valence-corrected chi connectivity index (χ1v) is 12.9. The van der Waals surface area contributed by atoms with Crippen LogP contribution in [0, 0.1) is 12.7 Å². The molecule has 1 saturated heterocycles. The van der Waals surface area contributed by atoms with Gasteiger partial charge in [-0.15, -0.1) is 0 Å². The van der Waals surface area contributed by atoms with Crippen molar-refractivity contribution in [2.45, 2.75) is 65.6 Å². The second kappa shape index (κ2) is 9.45. The largest absolute Gasteiger partial charge is 0.444 e. The van der Waals surface area contributed by atoms with Gasteiger partial charge in [-0.25, -0.2) is 23.9 Å². The summed E-state index contributed by atoms with van der Waals surface area (Å²) in [6, 6.07) is 2.68. The van der Waals surface area contributed by atoms with Gasteiger partial charge < -0.3 is 19.4 Å². The summed E-state index contributed by atoms with van der Waals surface area (Å²) in [4.78, 5) is 40.4. The van der Waals surface area contributed by atoms with Crippen molar-refractivity contribution < 1.29 is 18.7 Å². The minimum absolute atomic E-state index is 0.0667. The SMILES string of the molecule is Cc1cn2cc(NC(=O)N3CCc4c(N5C[C@@H](C)N(C(=O)OC(C)(C)C)[C@@H](C)C5)ccnc43)c(F)cc2n1. The van der Waals surface area contributed by atoms with Gasteiger partial charge in [-0.3, -0.25) is 9.80 Å². The van der Waals surface area contributed by atoms with Gasteiger partial charge in [0, 0.05) is 55.5 Å². The standard InChI is InChI=1S/C27H34FN7O3/c1-16-12-33-15-21(20(28)11-23(33)30-16)31-25(36)34-10-8-19-22(7-9-29-24(19)34)32-13-17(2)35(18(3)14-32)26(37)38-27(4,5)6/h7,9,11-12,15,17-18H,8,10,13-14H2,1-6H3,(H,31,36)/t17-,18+. The Morgan fingerprint density at radius 3 is 2.55 bits per heavy atom. The van der Waals surface area contributed by atoms with Crippen molar-refractivity contribution in [3.8, 4) is 0 Å². The number of nitrogens with zero attached hydrogens (tertiary/aromatic N) is 6. The first-order valence-electron chi connectivity index (χ1n) is 12.9. The van der Waals surface area contributed by atoms with Crippen molar-refractivity contribution in [1.82, 2.24) is 19.3 Å². The van der Waals surface area contributed by atoms with Crippen LogP contribution in [0.25, 0.3) is 5.65 Å². The van der Waals surface area contributed by atoms with Gasteiger partial charge in [0.15, 0.2) is 5.82 Å². The molecule has 2 aliphatic heterocycles. The number of imidazole rings is 1. The van der Waals surface area contributed by atoms with E-state index < -0.39 is 17.4 Å². The number of amides is 3. The molecule has 0 unspecified atom stereocenters. The van der Waals surface area contributed by atoms with E-state index in [1.807, 2.05) is 47.6 Å². The number of anilines is 3. The van der Waals surface area contributed by atoms with E-state index in [4.69, 9.17) is 4.74 Å². The number of pyridine rings is 2. The second-order valence-corrected chi connectivity index (χ2v) is 11.1. The third kappa shape index (κ3) is 4.84. The van der Waals surface area contributed by atoms with Crippen LogP contribution in [0.15, 0.2) is 30.7 Å². The van der Waals surface area contributed by atoms with E-state index in [2.05, 4.69) is 20.2 Å². The Morgan fingerprint density at radius 2 is 1.87 bits per heavy atom. The number of aromatic nitrogens is 3. The summed E-state index contributed by atoms with van der Waals surface area (Å²) in [5.74, 6) is 0.0123. The molecule has 2 atom stereocenters. The summed E-state index contributed by atoms with van der Waals surface area (Å²) in [5, 5.41) is 2.70. The summed E-state index contributed by atoms with van der Waals surface area (Å²) in [6.45, 7) is 13.1. The Balaban J connectivity index is 1.33. The van der Waals surface area contributed by atoms with E-state index in [-0.39, 0.29) is 23.9 Å². The second-order valence-electron chi connectivity index (χ2n) is 11.1. The lowest BCUT2D eigenvalue weighted by Crippen LogP contribution is -2.59. The number of halogens is 1. The van der Waals surface area contributed by atoms with Crippen LogP contribution in [0.3, 0.4) is 0 Å². The van der Waals surface area contributed by atoms with E-state index in [1.165, 1.54) is 12.3 Å². The zero-order chi connectivity index (χ0) is 27.4. The number of nitrogens with one attached hydrogen (secondary N) is 1. The Labute approximate surface area is 221 Å². The summed E-state index contributed by atoms with van der Waals surface area (Å²) in [7, 11) is 0. The van der Waals surface area contributed by atoms with Crippen molar-refractivity contribution in [3.63, 3.8) is 0 Å². The van der Waals surface area contributed by atoms with Gasteiger partial charge in [-0.1, -0.05) is 0 Å². The average molecular weight is 524 g/mol. The van der Waals surface area contributed by atoms with Crippen LogP contribution in [0.5, 0.6) is 0 Å². The van der Waals surface area contributed by atoms with E-state index >= 15 is 0 Å². The number of fused-ring (bicyclic) bond motifs is 2. The molecule has 3 aromatic rings. The van der Waals surface area contributed by atoms with Crippen molar-refractivity contribution in [1.29, 1.82) is 0 Å². The van der Waals surface area contributed by atoms with E-state index in [0.29, 0.717) is 37.5 Å². The van der Waals surface area contributed by atoms with Gasteiger partial charge in [-0.05, 0) is 54.0 Å². The summed E-state index contributed by atoms with van der Waals surface area (Å²) in [5.41, 5.74) is 2.71. The number of hydrogen-bond donors (Lipinski definition) is 1. The number of ether oxygens (including phenoxy) is 1. The van der Waals surface area contributed by atoms with Crippen LogP contribution in [-0.4, -0.2) is 68.7 Å². The molecule has 38 heavy (non-hydrogen) atoms. The van der Waals surface area contributed by atoms with Crippen molar-refractivity contribution in [2.75, 3.05) is 34.8 Å². The predicted molar refractivity (Wildman–Crippen MR) is 143 cm³/mol. The number of rotatable bonds is 2. The highest BCUT2D eigenvalue weighted by atomic mass is 19.1. The zero-order valence-electron chi connectivity index (χ0n) is 22.7. The van der Waals surface area contributed by atoms with Crippen LogP contribution in [-0.2, 0) is 11.2 Å². The number of aryl methyl sites for hydroxylation is 1. The molecule has 0 radical (unpaired) electrons. The minimum atomic E-state index is -0.560. The highest BCUT2D eigenvalue weighted by Crippen LogP contribution is 2.36. The first kappa shape index (κ1) is 25.7. The number of carbonyl (C=O) groups excluding carboxylic acids is 2. The first-order chi connectivity index (χ1) is 17.9. The van der Waals surface area contributed by atoms with Crippen LogP contribution in [0.2, 0.25) is 0 Å². The van der Waals surface area contributed by atoms with E-state index in [0.717, 1.165) is 16.9 Å². The predicted octanol–water partition coefficient (Wildman–Crippen LogP) is 4.61. The maximum absolute atomic E-state index is 14.7. The fraction of sp³-hybridized carbons (Fsp3) is 0.481. The lowest BCUT2D eigenvalue weighted by molar-refractivity contribution is 0.00565. The third-order valence-corrected chi connectivity index (χ3v) is 6.86. The molecule has 11 heteroatoms. The molecule has 0 aromatic carbocycles. The fourth-order valence-electron chi connectivity index (χ4n) is 5.37. The summed E-state index contributed by atoms with van der Waals surface area (Å²) in [6.07, 6.45) is 5.31. The number of hydrogen-bond acceptors (Lipinski definition) is 6. The number of piperazine rings is 1. The average Bonchev–Trinajstić information content (AvgIpc) is 3.39.